The number of carbonyl (C=O) groups excluding carboxylic acids is 4. The summed E-state index contributed by atoms with van der Waals surface area (Å²) in [5.74, 6) is -2.40. The van der Waals surface area contributed by atoms with Crippen molar-refractivity contribution in [3.8, 4) is 5.75 Å². The van der Waals surface area contributed by atoms with Gasteiger partial charge < -0.3 is 14.8 Å². The van der Waals surface area contributed by atoms with Crippen LogP contribution in [0.15, 0.2) is 48.5 Å². The van der Waals surface area contributed by atoms with E-state index in [2.05, 4.69) is 5.32 Å². The molecule has 1 aliphatic heterocycles. The number of amides is 3. The van der Waals surface area contributed by atoms with Crippen molar-refractivity contribution in [2.24, 2.45) is 5.92 Å². The predicted molar refractivity (Wildman–Crippen MR) is 113 cm³/mol. The van der Waals surface area contributed by atoms with Gasteiger partial charge in [0.1, 0.15) is 11.8 Å². The number of benzene rings is 2. The molecule has 0 spiro atoms. The summed E-state index contributed by atoms with van der Waals surface area (Å²) in [7, 11) is 0. The number of rotatable bonds is 8. The molecule has 0 bridgehead atoms. The smallest absolute Gasteiger partial charge is 0.330 e. The van der Waals surface area contributed by atoms with Crippen molar-refractivity contribution in [3.63, 3.8) is 0 Å². The maximum absolute atomic E-state index is 12.8. The molecule has 1 aliphatic rings. The number of hydrogen-bond acceptors (Lipinski definition) is 6. The van der Waals surface area contributed by atoms with Gasteiger partial charge in [0, 0.05) is 0 Å². The first-order chi connectivity index (χ1) is 14.8. The van der Waals surface area contributed by atoms with E-state index in [1.165, 1.54) is 0 Å². The number of ether oxygens (including phenoxy) is 2. The van der Waals surface area contributed by atoms with Crippen LogP contribution in [0.25, 0.3) is 0 Å². The maximum Gasteiger partial charge on any atom is 0.330 e. The highest BCUT2D eigenvalue weighted by molar-refractivity contribution is 6.22. The van der Waals surface area contributed by atoms with Crippen LogP contribution >= 0.6 is 0 Å². The Morgan fingerprint density at radius 1 is 0.968 bits per heavy atom. The van der Waals surface area contributed by atoms with Crippen molar-refractivity contribution in [1.29, 1.82) is 0 Å². The highest BCUT2D eigenvalue weighted by atomic mass is 16.5. The van der Waals surface area contributed by atoms with Gasteiger partial charge in [0.05, 0.1) is 23.4 Å². The molecule has 0 unspecified atom stereocenters. The monoisotopic (exact) mass is 424 g/mol. The van der Waals surface area contributed by atoms with Gasteiger partial charge in [-0.25, -0.2) is 4.79 Å². The number of fused-ring (bicyclic) bond motifs is 1. The Morgan fingerprint density at radius 2 is 1.55 bits per heavy atom. The third-order valence-corrected chi connectivity index (χ3v) is 4.78. The lowest BCUT2D eigenvalue weighted by atomic mass is 10.0. The minimum absolute atomic E-state index is 0.247. The van der Waals surface area contributed by atoms with Gasteiger partial charge in [-0.3, -0.25) is 19.3 Å². The molecule has 31 heavy (non-hydrogen) atoms. The first-order valence-electron chi connectivity index (χ1n) is 10.00. The molecular formula is C23H24N2O6. The van der Waals surface area contributed by atoms with Crippen LogP contribution in [0.5, 0.6) is 5.75 Å². The Morgan fingerprint density at radius 3 is 2.13 bits per heavy atom. The van der Waals surface area contributed by atoms with Crippen LogP contribution in [0.2, 0.25) is 0 Å². The number of para-hydroxylation sites is 2. The molecule has 1 atom stereocenters. The molecule has 8 heteroatoms. The van der Waals surface area contributed by atoms with Crippen LogP contribution in [0.4, 0.5) is 5.69 Å². The molecule has 1 heterocycles. The fraction of sp³-hybridized carbons (Fsp3) is 0.304. The average Bonchev–Trinajstić information content (AvgIpc) is 2.99. The van der Waals surface area contributed by atoms with Crippen LogP contribution in [0.3, 0.4) is 0 Å². The van der Waals surface area contributed by atoms with Gasteiger partial charge >= 0.3 is 5.97 Å². The normalized spacial score (nSPS) is 13.7. The molecule has 3 amide bonds. The second-order valence-corrected chi connectivity index (χ2v) is 7.30. The van der Waals surface area contributed by atoms with Crippen LogP contribution in [-0.4, -0.2) is 47.8 Å². The lowest BCUT2D eigenvalue weighted by molar-refractivity contribution is -0.152. The van der Waals surface area contributed by atoms with Crippen molar-refractivity contribution in [2.45, 2.75) is 26.8 Å². The largest absolute Gasteiger partial charge is 0.492 e. The first-order valence-corrected chi connectivity index (χ1v) is 10.00. The van der Waals surface area contributed by atoms with E-state index in [1.807, 2.05) is 6.92 Å². The molecule has 2 aromatic rings. The zero-order valence-corrected chi connectivity index (χ0v) is 17.6. The van der Waals surface area contributed by atoms with Crippen molar-refractivity contribution in [1.82, 2.24) is 4.90 Å². The summed E-state index contributed by atoms with van der Waals surface area (Å²) in [6.45, 7) is 5.09. The summed E-state index contributed by atoms with van der Waals surface area (Å²) < 4.78 is 10.6. The van der Waals surface area contributed by atoms with E-state index in [0.29, 0.717) is 18.0 Å². The molecule has 8 nitrogen and oxygen atoms in total. The molecule has 0 aliphatic carbocycles. The lowest BCUT2D eigenvalue weighted by Gasteiger charge is -2.27. The Bertz CT molecular complexity index is 982. The van der Waals surface area contributed by atoms with Gasteiger partial charge in [0.15, 0.2) is 6.61 Å². The second-order valence-electron chi connectivity index (χ2n) is 7.30. The summed E-state index contributed by atoms with van der Waals surface area (Å²) in [6, 6.07) is 12.1. The van der Waals surface area contributed by atoms with Gasteiger partial charge in [-0.2, -0.15) is 0 Å². The van der Waals surface area contributed by atoms with Gasteiger partial charge in [-0.1, -0.05) is 38.1 Å². The summed E-state index contributed by atoms with van der Waals surface area (Å²) in [4.78, 5) is 51.5. The van der Waals surface area contributed by atoms with Crippen molar-refractivity contribution in [3.05, 3.63) is 59.7 Å². The SMILES string of the molecule is CCOc1ccccc1NC(=O)COC(=O)[C@@H](C(C)C)N1C(=O)c2ccccc2C1=O. The summed E-state index contributed by atoms with van der Waals surface area (Å²) in [5, 5.41) is 2.63. The van der Waals surface area contributed by atoms with Crippen LogP contribution in [0, 0.1) is 5.92 Å². The predicted octanol–water partition coefficient (Wildman–Crippen LogP) is 2.89. The number of nitrogens with one attached hydrogen (secondary N) is 1. The molecular weight excluding hydrogens is 400 g/mol. The van der Waals surface area contributed by atoms with Gasteiger partial charge in [0.2, 0.25) is 0 Å². The third-order valence-electron chi connectivity index (χ3n) is 4.78. The Kier molecular flexibility index (Phi) is 6.69. The van der Waals surface area contributed by atoms with Crippen molar-refractivity contribution in [2.75, 3.05) is 18.5 Å². The highest BCUT2D eigenvalue weighted by Crippen LogP contribution is 2.28. The van der Waals surface area contributed by atoms with Gasteiger partial charge in [0.25, 0.3) is 17.7 Å². The van der Waals surface area contributed by atoms with E-state index in [0.717, 1.165) is 4.90 Å². The Labute approximate surface area is 180 Å². The zero-order valence-electron chi connectivity index (χ0n) is 17.6. The number of esters is 1. The molecule has 0 fully saturated rings. The molecule has 2 aromatic carbocycles. The van der Waals surface area contributed by atoms with E-state index in [-0.39, 0.29) is 11.1 Å². The fourth-order valence-corrected chi connectivity index (χ4v) is 3.40. The van der Waals surface area contributed by atoms with Crippen molar-refractivity contribution < 1.29 is 28.7 Å². The maximum atomic E-state index is 12.8. The topological polar surface area (TPSA) is 102 Å². The van der Waals surface area contributed by atoms with Crippen LogP contribution in [-0.2, 0) is 14.3 Å². The summed E-state index contributed by atoms with van der Waals surface area (Å²) in [6.07, 6.45) is 0. The molecule has 0 aromatic heterocycles. The molecule has 1 N–H and O–H groups in total. The van der Waals surface area contributed by atoms with Crippen LogP contribution < -0.4 is 10.1 Å². The standard InChI is InChI=1S/C23H24N2O6/c1-4-30-18-12-8-7-11-17(18)24-19(26)13-31-23(29)20(14(2)3)25-21(27)15-9-5-6-10-16(15)22(25)28/h5-12,14,20H,4,13H2,1-3H3,(H,24,26)/t20-/m1/s1. The number of imide groups is 1. The third kappa shape index (κ3) is 4.58. The minimum atomic E-state index is -1.14. The number of nitrogens with zero attached hydrogens (tertiary/aromatic N) is 1. The van der Waals surface area contributed by atoms with E-state index >= 15 is 0 Å². The van der Waals surface area contributed by atoms with Crippen molar-refractivity contribution >= 4 is 29.4 Å². The molecule has 3 rings (SSSR count). The molecule has 0 radical (unpaired) electrons. The Balaban J connectivity index is 1.68. The summed E-state index contributed by atoms with van der Waals surface area (Å²) >= 11 is 0. The molecule has 162 valence electrons. The lowest BCUT2D eigenvalue weighted by Crippen LogP contribution is -2.49. The van der Waals surface area contributed by atoms with E-state index in [1.54, 1.807) is 62.4 Å². The minimum Gasteiger partial charge on any atom is -0.492 e. The quantitative estimate of drug-likeness (QED) is 0.516. The van der Waals surface area contributed by atoms with E-state index in [4.69, 9.17) is 9.47 Å². The first kappa shape index (κ1) is 22.0. The molecule has 0 saturated heterocycles. The second kappa shape index (κ2) is 9.42. The summed E-state index contributed by atoms with van der Waals surface area (Å²) in [5.41, 5.74) is 0.943. The fourth-order valence-electron chi connectivity index (χ4n) is 3.40. The zero-order chi connectivity index (χ0) is 22.5. The number of carbonyl (C=O) groups is 4. The van der Waals surface area contributed by atoms with Gasteiger partial charge in [-0.15, -0.1) is 0 Å². The average molecular weight is 424 g/mol. The Hall–Kier alpha value is -3.68. The number of anilines is 1. The molecule has 0 saturated carbocycles. The van der Waals surface area contributed by atoms with E-state index < -0.39 is 42.3 Å². The number of hydrogen-bond donors (Lipinski definition) is 1. The van der Waals surface area contributed by atoms with Crippen LogP contribution in [0.1, 0.15) is 41.5 Å². The van der Waals surface area contributed by atoms with E-state index in [9.17, 15) is 19.2 Å². The highest BCUT2D eigenvalue weighted by Gasteiger charge is 2.44. The van der Waals surface area contributed by atoms with Gasteiger partial charge in [-0.05, 0) is 37.1 Å².